The number of anilines is 1. The first kappa shape index (κ1) is 19.0. The lowest BCUT2D eigenvalue weighted by molar-refractivity contribution is -0.116. The molecule has 0 radical (unpaired) electrons. The van der Waals surface area contributed by atoms with Gasteiger partial charge in [0, 0.05) is 17.1 Å². The van der Waals surface area contributed by atoms with Crippen molar-refractivity contribution in [2.45, 2.75) is 39.2 Å². The topological polar surface area (TPSA) is 55.4 Å². The molecule has 1 amide bonds. The molecule has 0 aliphatic carbocycles. The Kier molecular flexibility index (Phi) is 7.02. The number of benzene rings is 2. The van der Waals surface area contributed by atoms with E-state index in [2.05, 4.69) is 5.32 Å². The highest BCUT2D eigenvalue weighted by atomic mass is 35.5. The van der Waals surface area contributed by atoms with Crippen LogP contribution in [0.25, 0.3) is 0 Å². The first-order valence-corrected chi connectivity index (χ1v) is 8.67. The fourth-order valence-electron chi connectivity index (χ4n) is 2.33. The summed E-state index contributed by atoms with van der Waals surface area (Å²) in [5.41, 5.74) is 2.16. The number of carbonyl (C=O) groups is 2. The van der Waals surface area contributed by atoms with Gasteiger partial charge in [0.15, 0.2) is 0 Å². The van der Waals surface area contributed by atoms with Gasteiger partial charge in [-0.15, -0.1) is 0 Å². The van der Waals surface area contributed by atoms with Gasteiger partial charge in [0.1, 0.15) is 0 Å². The van der Waals surface area contributed by atoms with E-state index in [1.807, 2.05) is 24.3 Å². The number of ether oxygens (including phenoxy) is 1. The van der Waals surface area contributed by atoms with Gasteiger partial charge in [-0.2, -0.15) is 0 Å². The van der Waals surface area contributed by atoms with Gasteiger partial charge in [-0.25, -0.2) is 4.79 Å². The minimum absolute atomic E-state index is 0.0802. The Morgan fingerprint density at radius 3 is 2.52 bits per heavy atom. The number of halogens is 1. The number of rotatable bonds is 7. The summed E-state index contributed by atoms with van der Waals surface area (Å²) in [7, 11) is 0. The predicted octanol–water partition coefficient (Wildman–Crippen LogP) is 4.87. The van der Waals surface area contributed by atoms with Crippen molar-refractivity contribution in [3.63, 3.8) is 0 Å². The molecule has 1 N–H and O–H groups in total. The van der Waals surface area contributed by atoms with Gasteiger partial charge in [-0.05, 0) is 62.6 Å². The van der Waals surface area contributed by atoms with E-state index in [4.69, 9.17) is 16.3 Å². The molecule has 0 bridgehead atoms. The summed E-state index contributed by atoms with van der Waals surface area (Å²) >= 11 is 5.85. The third-order valence-corrected chi connectivity index (χ3v) is 3.76. The monoisotopic (exact) mass is 359 g/mol. The summed E-state index contributed by atoms with van der Waals surface area (Å²) in [6.45, 7) is 3.59. The molecule has 0 fully saturated rings. The summed E-state index contributed by atoms with van der Waals surface area (Å²) < 4.78 is 5.16. The summed E-state index contributed by atoms with van der Waals surface area (Å²) in [5.74, 6) is -0.475. The van der Waals surface area contributed by atoms with E-state index in [1.165, 1.54) is 0 Å². The third kappa shape index (κ3) is 6.59. The van der Waals surface area contributed by atoms with E-state index in [1.54, 1.807) is 38.1 Å². The third-order valence-electron chi connectivity index (χ3n) is 3.51. The number of esters is 1. The zero-order chi connectivity index (χ0) is 18.2. The van der Waals surface area contributed by atoms with Crippen LogP contribution in [0.4, 0.5) is 5.69 Å². The molecule has 0 heterocycles. The van der Waals surface area contributed by atoms with Crippen LogP contribution in [0.1, 0.15) is 42.6 Å². The molecule has 2 rings (SSSR count). The van der Waals surface area contributed by atoms with E-state index >= 15 is 0 Å². The molecule has 0 aliphatic rings. The van der Waals surface area contributed by atoms with Gasteiger partial charge in [0.05, 0.1) is 11.7 Å². The lowest BCUT2D eigenvalue weighted by Gasteiger charge is -2.10. The quantitative estimate of drug-likeness (QED) is 0.718. The fourth-order valence-corrected chi connectivity index (χ4v) is 2.46. The van der Waals surface area contributed by atoms with E-state index in [0.717, 1.165) is 18.4 Å². The highest BCUT2D eigenvalue weighted by Crippen LogP contribution is 2.14. The molecule has 0 atom stereocenters. The first-order valence-electron chi connectivity index (χ1n) is 8.29. The molecule has 0 aliphatic heterocycles. The summed E-state index contributed by atoms with van der Waals surface area (Å²) in [4.78, 5) is 24.0. The highest BCUT2D eigenvalue weighted by Gasteiger charge is 2.10. The molecular formula is C20H22ClNO3. The largest absolute Gasteiger partial charge is 0.459 e. The van der Waals surface area contributed by atoms with Gasteiger partial charge < -0.3 is 10.1 Å². The number of aryl methyl sites for hydroxylation is 1. The zero-order valence-electron chi connectivity index (χ0n) is 14.4. The molecule has 0 saturated heterocycles. The molecule has 0 spiro atoms. The van der Waals surface area contributed by atoms with Crippen molar-refractivity contribution in [2.24, 2.45) is 0 Å². The van der Waals surface area contributed by atoms with Gasteiger partial charge in [0.25, 0.3) is 0 Å². The second-order valence-corrected chi connectivity index (χ2v) is 6.50. The average molecular weight is 360 g/mol. The molecular weight excluding hydrogens is 338 g/mol. The van der Waals surface area contributed by atoms with Crippen LogP contribution in [0.5, 0.6) is 0 Å². The number of nitrogens with one attached hydrogen (secondary N) is 1. The molecule has 2 aromatic rings. The van der Waals surface area contributed by atoms with Crippen LogP contribution in [-0.4, -0.2) is 18.0 Å². The van der Waals surface area contributed by atoms with E-state index in [9.17, 15) is 9.59 Å². The molecule has 0 aromatic heterocycles. The molecule has 0 unspecified atom stereocenters. The van der Waals surface area contributed by atoms with E-state index in [0.29, 0.717) is 22.7 Å². The first-order chi connectivity index (χ1) is 11.9. The summed E-state index contributed by atoms with van der Waals surface area (Å²) in [6.07, 6.45) is 1.77. The van der Waals surface area contributed by atoms with E-state index < -0.39 is 5.97 Å². The lowest BCUT2D eigenvalue weighted by Crippen LogP contribution is -2.14. The van der Waals surface area contributed by atoms with Crippen LogP contribution in [0.2, 0.25) is 5.02 Å². The SMILES string of the molecule is CC(C)OC(=O)c1cccc(NC(=O)CCCc2ccc(Cl)cc2)c1. The van der Waals surface area contributed by atoms with Crippen molar-refractivity contribution >= 4 is 29.2 Å². The Labute approximate surface area is 153 Å². The van der Waals surface area contributed by atoms with Gasteiger partial charge in [0.2, 0.25) is 5.91 Å². The van der Waals surface area contributed by atoms with Crippen LogP contribution in [0.3, 0.4) is 0 Å². The Morgan fingerprint density at radius 2 is 1.84 bits per heavy atom. The van der Waals surface area contributed by atoms with Crippen LogP contribution in [0.15, 0.2) is 48.5 Å². The normalized spacial score (nSPS) is 10.6. The zero-order valence-corrected chi connectivity index (χ0v) is 15.2. The van der Waals surface area contributed by atoms with Gasteiger partial charge in [-0.3, -0.25) is 4.79 Å². The van der Waals surface area contributed by atoms with Crippen LogP contribution >= 0.6 is 11.6 Å². The van der Waals surface area contributed by atoms with Crippen LogP contribution in [0, 0.1) is 0 Å². The average Bonchev–Trinajstić information content (AvgIpc) is 2.56. The van der Waals surface area contributed by atoms with Crippen LogP contribution in [-0.2, 0) is 16.0 Å². The summed E-state index contributed by atoms with van der Waals surface area (Å²) in [6, 6.07) is 14.4. The number of amides is 1. The van der Waals surface area contributed by atoms with Crippen molar-refractivity contribution < 1.29 is 14.3 Å². The second kappa shape index (κ2) is 9.23. The minimum atomic E-state index is -0.395. The molecule has 132 valence electrons. The minimum Gasteiger partial charge on any atom is -0.459 e. The van der Waals surface area contributed by atoms with Crippen molar-refractivity contribution in [1.82, 2.24) is 0 Å². The Morgan fingerprint density at radius 1 is 1.12 bits per heavy atom. The van der Waals surface area contributed by atoms with Crippen molar-refractivity contribution in [3.05, 3.63) is 64.7 Å². The van der Waals surface area contributed by atoms with Crippen molar-refractivity contribution in [3.8, 4) is 0 Å². The van der Waals surface area contributed by atoms with Crippen LogP contribution < -0.4 is 5.32 Å². The Balaban J connectivity index is 1.83. The maximum atomic E-state index is 12.1. The van der Waals surface area contributed by atoms with Gasteiger partial charge >= 0.3 is 5.97 Å². The van der Waals surface area contributed by atoms with Gasteiger partial charge in [-0.1, -0.05) is 29.8 Å². The number of carbonyl (C=O) groups excluding carboxylic acids is 2. The summed E-state index contributed by atoms with van der Waals surface area (Å²) in [5, 5.41) is 3.52. The Hall–Kier alpha value is -2.33. The smallest absolute Gasteiger partial charge is 0.338 e. The maximum absolute atomic E-state index is 12.1. The maximum Gasteiger partial charge on any atom is 0.338 e. The molecule has 25 heavy (non-hydrogen) atoms. The Bertz CT molecular complexity index is 726. The number of hydrogen-bond acceptors (Lipinski definition) is 3. The lowest BCUT2D eigenvalue weighted by atomic mass is 10.1. The molecule has 4 nitrogen and oxygen atoms in total. The standard InChI is InChI=1S/C20H22ClNO3/c1-14(2)25-20(24)16-6-4-7-18(13-16)22-19(23)8-3-5-15-9-11-17(21)12-10-15/h4,6-7,9-14H,3,5,8H2,1-2H3,(H,22,23). The molecule has 0 saturated carbocycles. The van der Waals surface area contributed by atoms with Crippen molar-refractivity contribution in [1.29, 1.82) is 0 Å². The van der Waals surface area contributed by atoms with Crippen molar-refractivity contribution in [2.75, 3.05) is 5.32 Å². The highest BCUT2D eigenvalue weighted by molar-refractivity contribution is 6.30. The fraction of sp³-hybridized carbons (Fsp3) is 0.300. The second-order valence-electron chi connectivity index (χ2n) is 6.06. The number of hydrogen-bond donors (Lipinski definition) is 1. The molecule has 5 heteroatoms. The molecule has 2 aromatic carbocycles. The van der Waals surface area contributed by atoms with E-state index in [-0.39, 0.29) is 12.0 Å². The predicted molar refractivity (Wildman–Crippen MR) is 100 cm³/mol.